The van der Waals surface area contributed by atoms with Crippen LogP contribution in [0.4, 0.5) is 0 Å². The van der Waals surface area contributed by atoms with Crippen LogP contribution in [-0.4, -0.2) is 9.97 Å². The number of aromatic nitrogens is 2. The van der Waals surface area contributed by atoms with E-state index in [9.17, 15) is 0 Å². The van der Waals surface area contributed by atoms with Gasteiger partial charge in [0.15, 0.2) is 0 Å². The molecule has 98 valence electrons. The Morgan fingerprint density at radius 2 is 1.95 bits per heavy atom. The molecule has 0 radical (unpaired) electrons. The van der Waals surface area contributed by atoms with Gasteiger partial charge in [0.2, 0.25) is 5.88 Å². The molecule has 0 saturated heterocycles. The molecule has 1 saturated carbocycles. The molecule has 0 aliphatic heterocycles. The quantitative estimate of drug-likeness (QED) is 0.649. The number of halogens is 3. The zero-order valence-electron chi connectivity index (χ0n) is 9.74. The molecule has 2 aromatic rings. The van der Waals surface area contributed by atoms with Crippen LogP contribution in [0.1, 0.15) is 24.6 Å². The summed E-state index contributed by atoms with van der Waals surface area (Å²) in [6.45, 7) is 0. The third kappa shape index (κ3) is 3.27. The molecule has 6 heteroatoms. The third-order valence-corrected chi connectivity index (χ3v) is 4.05. The first-order valence-electron chi connectivity index (χ1n) is 5.79. The molecule has 0 spiro atoms. The molecule has 1 aliphatic carbocycles. The Hall–Kier alpha value is -0.650. The minimum Gasteiger partial charge on any atom is -0.438 e. The predicted molar refractivity (Wildman–Crippen MR) is 80.9 cm³/mol. The van der Waals surface area contributed by atoms with Gasteiger partial charge in [-0.15, -0.1) is 0 Å². The van der Waals surface area contributed by atoms with Gasteiger partial charge >= 0.3 is 0 Å². The van der Waals surface area contributed by atoms with Crippen molar-refractivity contribution in [3.63, 3.8) is 0 Å². The average Bonchev–Trinajstić information content (AvgIpc) is 3.16. The summed E-state index contributed by atoms with van der Waals surface area (Å²) in [6, 6.07) is 7.31. The Balaban J connectivity index is 1.89. The molecule has 0 unspecified atom stereocenters. The second-order valence-corrected chi connectivity index (χ2v) is 6.50. The lowest BCUT2D eigenvalue weighted by molar-refractivity contribution is 0.455. The highest BCUT2D eigenvalue weighted by Gasteiger charge is 2.27. The molecular formula is C13H9Br2ClN2O. The Kier molecular flexibility index (Phi) is 3.78. The van der Waals surface area contributed by atoms with E-state index < -0.39 is 0 Å². The molecule has 3 nitrogen and oxygen atoms in total. The maximum atomic E-state index is 6.00. The topological polar surface area (TPSA) is 35.0 Å². The molecule has 0 bridgehead atoms. The number of benzene rings is 1. The van der Waals surface area contributed by atoms with E-state index in [1.54, 1.807) is 6.07 Å². The van der Waals surface area contributed by atoms with Crippen LogP contribution in [0.3, 0.4) is 0 Å². The number of hydrogen-bond donors (Lipinski definition) is 0. The van der Waals surface area contributed by atoms with Crippen molar-refractivity contribution in [2.24, 2.45) is 0 Å². The van der Waals surface area contributed by atoms with Gasteiger partial charge < -0.3 is 4.74 Å². The van der Waals surface area contributed by atoms with Crippen LogP contribution in [-0.2, 0) is 0 Å². The van der Waals surface area contributed by atoms with E-state index in [1.807, 2.05) is 18.2 Å². The van der Waals surface area contributed by atoms with Crippen LogP contribution >= 0.6 is 43.5 Å². The fraction of sp³-hybridized carbons (Fsp3) is 0.231. The molecule has 1 heterocycles. The molecule has 0 N–H and O–H groups in total. The van der Waals surface area contributed by atoms with Crippen molar-refractivity contribution in [2.75, 3.05) is 0 Å². The fourth-order valence-corrected chi connectivity index (χ4v) is 2.97. The SMILES string of the molecule is Clc1cc(Oc2ccc(Br)cc2Br)nc(C2CC2)n1. The van der Waals surface area contributed by atoms with Crippen molar-refractivity contribution in [1.82, 2.24) is 9.97 Å². The van der Waals surface area contributed by atoms with E-state index in [-0.39, 0.29) is 0 Å². The summed E-state index contributed by atoms with van der Waals surface area (Å²) in [7, 11) is 0. The molecular weight excluding hydrogens is 395 g/mol. The standard InChI is InChI=1S/C13H9Br2ClN2O/c14-8-3-4-10(9(15)5-8)19-12-6-11(16)17-13(18-12)7-1-2-7/h3-7H,1-2H2. The van der Waals surface area contributed by atoms with Gasteiger partial charge in [0.1, 0.15) is 16.7 Å². The van der Waals surface area contributed by atoms with Crippen molar-refractivity contribution in [1.29, 1.82) is 0 Å². The average molecular weight is 404 g/mol. The number of rotatable bonds is 3. The largest absolute Gasteiger partial charge is 0.438 e. The highest BCUT2D eigenvalue weighted by Crippen LogP contribution is 2.39. The molecule has 0 amide bonds. The van der Waals surface area contributed by atoms with Gasteiger partial charge in [0.25, 0.3) is 0 Å². The Bertz CT molecular complexity index is 632. The van der Waals surface area contributed by atoms with E-state index in [4.69, 9.17) is 16.3 Å². The molecule has 0 atom stereocenters. The molecule has 1 fully saturated rings. The van der Waals surface area contributed by atoms with Crippen LogP contribution in [0, 0.1) is 0 Å². The second-order valence-electron chi connectivity index (χ2n) is 4.34. The number of ether oxygens (including phenoxy) is 1. The lowest BCUT2D eigenvalue weighted by atomic mass is 10.3. The summed E-state index contributed by atoms with van der Waals surface area (Å²) in [6.07, 6.45) is 2.25. The van der Waals surface area contributed by atoms with E-state index >= 15 is 0 Å². The smallest absolute Gasteiger partial charge is 0.224 e. The first kappa shape index (κ1) is 13.3. The maximum absolute atomic E-state index is 6.00. The Labute approximate surface area is 132 Å². The molecule has 3 rings (SSSR count). The van der Waals surface area contributed by atoms with Gasteiger partial charge in [-0.05, 0) is 47.0 Å². The van der Waals surface area contributed by atoms with Crippen LogP contribution in [0.2, 0.25) is 5.15 Å². The Morgan fingerprint density at radius 1 is 1.16 bits per heavy atom. The van der Waals surface area contributed by atoms with Gasteiger partial charge in [-0.1, -0.05) is 27.5 Å². The van der Waals surface area contributed by atoms with E-state index in [0.717, 1.165) is 27.6 Å². The van der Waals surface area contributed by atoms with Gasteiger partial charge in [-0.2, -0.15) is 4.98 Å². The van der Waals surface area contributed by atoms with Crippen LogP contribution in [0.15, 0.2) is 33.2 Å². The molecule has 1 aliphatic rings. The van der Waals surface area contributed by atoms with Crippen molar-refractivity contribution in [2.45, 2.75) is 18.8 Å². The first-order chi connectivity index (χ1) is 9.11. The van der Waals surface area contributed by atoms with Gasteiger partial charge in [-0.3, -0.25) is 0 Å². The lowest BCUT2D eigenvalue weighted by Crippen LogP contribution is -1.96. The summed E-state index contributed by atoms with van der Waals surface area (Å²) >= 11 is 12.9. The van der Waals surface area contributed by atoms with Crippen molar-refractivity contribution in [3.8, 4) is 11.6 Å². The minimum absolute atomic E-state index is 0.417. The number of hydrogen-bond acceptors (Lipinski definition) is 3. The van der Waals surface area contributed by atoms with Gasteiger partial charge in [-0.25, -0.2) is 4.98 Å². The third-order valence-electron chi connectivity index (χ3n) is 2.74. The monoisotopic (exact) mass is 402 g/mol. The van der Waals surface area contributed by atoms with E-state index in [0.29, 0.717) is 22.7 Å². The summed E-state index contributed by atoms with van der Waals surface area (Å²) in [5.74, 6) is 2.38. The Morgan fingerprint density at radius 3 is 2.63 bits per heavy atom. The zero-order chi connectivity index (χ0) is 13.4. The fourth-order valence-electron chi connectivity index (χ4n) is 1.66. The van der Waals surface area contributed by atoms with Gasteiger partial charge in [0, 0.05) is 16.5 Å². The van der Waals surface area contributed by atoms with Crippen molar-refractivity contribution >= 4 is 43.5 Å². The minimum atomic E-state index is 0.417. The van der Waals surface area contributed by atoms with E-state index in [2.05, 4.69) is 41.8 Å². The highest BCUT2D eigenvalue weighted by atomic mass is 79.9. The second kappa shape index (κ2) is 5.38. The van der Waals surface area contributed by atoms with E-state index in [1.165, 1.54) is 0 Å². The summed E-state index contributed by atoms with van der Waals surface area (Å²) in [4.78, 5) is 8.63. The van der Waals surface area contributed by atoms with Crippen LogP contribution < -0.4 is 4.74 Å². The molecule has 1 aromatic carbocycles. The number of nitrogens with zero attached hydrogens (tertiary/aromatic N) is 2. The normalized spacial score (nSPS) is 14.5. The maximum Gasteiger partial charge on any atom is 0.224 e. The zero-order valence-corrected chi connectivity index (χ0v) is 13.7. The predicted octanol–water partition coefficient (Wildman–Crippen LogP) is 5.32. The van der Waals surface area contributed by atoms with Crippen molar-refractivity contribution < 1.29 is 4.74 Å². The summed E-state index contributed by atoms with van der Waals surface area (Å²) < 4.78 is 7.59. The van der Waals surface area contributed by atoms with Crippen molar-refractivity contribution in [3.05, 3.63) is 44.2 Å². The lowest BCUT2D eigenvalue weighted by Gasteiger charge is -2.08. The molecule has 1 aromatic heterocycles. The van der Waals surface area contributed by atoms with Crippen LogP contribution in [0.5, 0.6) is 11.6 Å². The first-order valence-corrected chi connectivity index (χ1v) is 7.75. The molecule has 19 heavy (non-hydrogen) atoms. The summed E-state index contributed by atoms with van der Waals surface area (Å²) in [5.41, 5.74) is 0. The highest BCUT2D eigenvalue weighted by molar-refractivity contribution is 9.11. The summed E-state index contributed by atoms with van der Waals surface area (Å²) in [5, 5.41) is 0.417. The van der Waals surface area contributed by atoms with Gasteiger partial charge in [0.05, 0.1) is 4.47 Å². The van der Waals surface area contributed by atoms with Crippen LogP contribution in [0.25, 0.3) is 0 Å².